The Morgan fingerprint density at radius 1 is 1.28 bits per heavy atom. The molecule has 1 aliphatic carbocycles. The van der Waals surface area contributed by atoms with E-state index < -0.39 is 27.1 Å². The van der Waals surface area contributed by atoms with Crippen molar-refractivity contribution in [2.24, 2.45) is 0 Å². The average Bonchev–Trinajstić information content (AvgIpc) is 2.74. The van der Waals surface area contributed by atoms with Crippen LogP contribution in [-0.2, 0) is 15.4 Å². The Morgan fingerprint density at radius 3 is 2.66 bits per heavy atom. The van der Waals surface area contributed by atoms with Gasteiger partial charge in [0, 0.05) is 23.1 Å². The highest BCUT2D eigenvalue weighted by molar-refractivity contribution is 9.10. The van der Waals surface area contributed by atoms with Gasteiger partial charge in [0.1, 0.15) is 4.90 Å². The SMILES string of the molecule is CNC(=O)c1cc(C2(C#N)CCC2)cc(NS(=O)(=O)c2cc(Br)cc3cccnc23)c1O. The standard InChI is InChI=1S/C22H19BrN4O4S/c1-25-21(29)16-9-14(22(12-24)5-3-6-22)10-17(20(16)28)27-32(30,31)18-11-15(23)8-13-4-2-7-26-19(13)18/h2,4,7-11,27-28H,3,5-6H2,1H3,(H,25,29). The molecule has 0 spiro atoms. The van der Waals surface area contributed by atoms with Crippen LogP contribution in [0.2, 0.25) is 0 Å². The van der Waals surface area contributed by atoms with Crippen molar-refractivity contribution in [3.05, 3.63) is 58.2 Å². The number of phenolic OH excluding ortho intramolecular Hbond substituents is 1. The number of hydrogen-bond acceptors (Lipinski definition) is 6. The first-order chi connectivity index (χ1) is 15.2. The van der Waals surface area contributed by atoms with E-state index in [2.05, 4.69) is 37.0 Å². The largest absolute Gasteiger partial charge is 0.505 e. The van der Waals surface area contributed by atoms with E-state index in [0.29, 0.717) is 28.3 Å². The molecule has 1 saturated carbocycles. The van der Waals surface area contributed by atoms with Gasteiger partial charge in [-0.05, 0) is 55.2 Å². The second-order valence-corrected chi connectivity index (χ2v) is 10.2. The van der Waals surface area contributed by atoms with E-state index in [1.807, 2.05) is 0 Å². The van der Waals surface area contributed by atoms with Gasteiger partial charge < -0.3 is 10.4 Å². The van der Waals surface area contributed by atoms with Gasteiger partial charge in [-0.15, -0.1) is 0 Å². The number of hydrogen-bond donors (Lipinski definition) is 3. The molecule has 1 heterocycles. The van der Waals surface area contributed by atoms with Crippen LogP contribution >= 0.6 is 15.9 Å². The number of phenols is 1. The van der Waals surface area contributed by atoms with Crippen molar-refractivity contribution in [1.29, 1.82) is 5.26 Å². The van der Waals surface area contributed by atoms with Crippen LogP contribution in [0.5, 0.6) is 5.75 Å². The van der Waals surface area contributed by atoms with E-state index >= 15 is 0 Å². The maximum Gasteiger partial charge on any atom is 0.264 e. The molecule has 0 unspecified atom stereocenters. The van der Waals surface area contributed by atoms with Gasteiger partial charge >= 0.3 is 0 Å². The van der Waals surface area contributed by atoms with Crippen LogP contribution in [-0.4, -0.2) is 31.5 Å². The van der Waals surface area contributed by atoms with Crippen LogP contribution in [0, 0.1) is 11.3 Å². The van der Waals surface area contributed by atoms with Crippen LogP contribution in [0.3, 0.4) is 0 Å². The molecule has 0 saturated heterocycles. The van der Waals surface area contributed by atoms with Gasteiger partial charge in [0.25, 0.3) is 15.9 Å². The maximum atomic E-state index is 13.3. The summed E-state index contributed by atoms with van der Waals surface area (Å²) in [6, 6.07) is 11.8. The minimum atomic E-state index is -4.21. The highest BCUT2D eigenvalue weighted by atomic mass is 79.9. The molecule has 2 aromatic carbocycles. The summed E-state index contributed by atoms with van der Waals surface area (Å²) < 4.78 is 29.6. The van der Waals surface area contributed by atoms with Crippen molar-refractivity contribution in [2.45, 2.75) is 29.6 Å². The maximum absolute atomic E-state index is 13.3. The van der Waals surface area contributed by atoms with E-state index in [9.17, 15) is 23.6 Å². The normalized spacial score (nSPS) is 14.9. The van der Waals surface area contributed by atoms with Crippen LogP contribution in [0.15, 0.2) is 52.0 Å². The lowest BCUT2D eigenvalue weighted by Crippen LogP contribution is -2.33. The number of pyridine rings is 1. The monoisotopic (exact) mass is 514 g/mol. The number of benzene rings is 2. The number of carbonyl (C=O) groups is 1. The van der Waals surface area contributed by atoms with Crippen LogP contribution in [0.25, 0.3) is 10.9 Å². The number of nitriles is 1. The van der Waals surface area contributed by atoms with E-state index in [1.54, 1.807) is 18.2 Å². The first kappa shape index (κ1) is 22.0. The van der Waals surface area contributed by atoms with Gasteiger partial charge in [0.2, 0.25) is 0 Å². The highest BCUT2D eigenvalue weighted by Gasteiger charge is 2.40. The molecule has 0 atom stereocenters. The fourth-order valence-electron chi connectivity index (χ4n) is 3.82. The van der Waals surface area contributed by atoms with Crippen LogP contribution < -0.4 is 10.0 Å². The Balaban J connectivity index is 1.87. The summed E-state index contributed by atoms with van der Waals surface area (Å²) >= 11 is 3.32. The molecule has 8 nitrogen and oxygen atoms in total. The lowest BCUT2D eigenvalue weighted by atomic mass is 9.65. The Kier molecular flexibility index (Phi) is 5.56. The highest BCUT2D eigenvalue weighted by Crippen LogP contribution is 2.46. The number of fused-ring (bicyclic) bond motifs is 1. The Morgan fingerprint density at radius 2 is 2.03 bits per heavy atom. The van der Waals surface area contributed by atoms with Gasteiger partial charge in [-0.3, -0.25) is 14.5 Å². The summed E-state index contributed by atoms with van der Waals surface area (Å²) in [6.45, 7) is 0. The molecule has 0 aliphatic heterocycles. The number of halogens is 1. The number of sulfonamides is 1. The van der Waals surface area contributed by atoms with Crippen molar-refractivity contribution < 1.29 is 18.3 Å². The van der Waals surface area contributed by atoms with Crippen LogP contribution in [0.4, 0.5) is 5.69 Å². The third kappa shape index (κ3) is 3.67. The van der Waals surface area contributed by atoms with Gasteiger partial charge in [0.05, 0.1) is 28.3 Å². The molecule has 3 aromatic rings. The number of rotatable bonds is 5. The molecule has 1 aromatic heterocycles. The quantitative estimate of drug-likeness (QED) is 0.443. The number of aromatic nitrogens is 1. The molecule has 164 valence electrons. The first-order valence-electron chi connectivity index (χ1n) is 9.79. The fourth-order valence-corrected chi connectivity index (χ4v) is 5.71. The Labute approximate surface area is 193 Å². The summed E-state index contributed by atoms with van der Waals surface area (Å²) in [5.74, 6) is -1.11. The molecular weight excluding hydrogens is 496 g/mol. The Bertz CT molecular complexity index is 1400. The van der Waals surface area contributed by atoms with Gasteiger partial charge in [-0.2, -0.15) is 5.26 Å². The summed E-state index contributed by atoms with van der Waals surface area (Å²) in [7, 11) is -2.81. The Hall–Kier alpha value is -3.16. The number of nitrogens with one attached hydrogen (secondary N) is 2. The van der Waals surface area contributed by atoms with E-state index in [-0.39, 0.29) is 21.7 Å². The minimum Gasteiger partial charge on any atom is -0.505 e. The molecule has 1 aliphatic rings. The second-order valence-electron chi connectivity index (χ2n) is 7.63. The van der Waals surface area contributed by atoms with E-state index in [0.717, 1.165) is 6.42 Å². The number of anilines is 1. The second kappa shape index (κ2) is 8.07. The molecular formula is C22H19BrN4O4S. The van der Waals surface area contributed by atoms with E-state index in [4.69, 9.17) is 0 Å². The summed E-state index contributed by atoms with van der Waals surface area (Å²) in [4.78, 5) is 16.5. The molecule has 4 rings (SSSR count). The smallest absolute Gasteiger partial charge is 0.264 e. The first-order valence-corrected chi connectivity index (χ1v) is 12.1. The number of nitrogens with zero attached hydrogens (tertiary/aromatic N) is 2. The third-order valence-corrected chi connectivity index (χ3v) is 7.56. The van der Waals surface area contributed by atoms with Crippen molar-refractivity contribution >= 4 is 48.5 Å². The zero-order valence-corrected chi connectivity index (χ0v) is 19.4. The van der Waals surface area contributed by atoms with E-state index in [1.165, 1.54) is 31.4 Å². The predicted molar refractivity (Wildman–Crippen MR) is 123 cm³/mol. The summed E-state index contributed by atoms with van der Waals surface area (Å²) in [5, 5.41) is 23.5. The van der Waals surface area contributed by atoms with Gasteiger partial charge in [-0.1, -0.05) is 22.0 Å². The molecule has 0 radical (unpaired) electrons. The van der Waals surface area contributed by atoms with Gasteiger partial charge in [0.15, 0.2) is 5.75 Å². The average molecular weight is 515 g/mol. The van der Waals surface area contributed by atoms with Crippen LogP contribution in [0.1, 0.15) is 35.2 Å². The molecule has 3 N–H and O–H groups in total. The number of carbonyl (C=O) groups excluding carboxylic acids is 1. The molecule has 32 heavy (non-hydrogen) atoms. The molecule has 0 bridgehead atoms. The lowest BCUT2D eigenvalue weighted by Gasteiger charge is -2.36. The zero-order valence-electron chi connectivity index (χ0n) is 17.0. The molecule has 10 heteroatoms. The number of amides is 1. The minimum absolute atomic E-state index is 0.0904. The topological polar surface area (TPSA) is 132 Å². The molecule has 1 fully saturated rings. The van der Waals surface area contributed by atoms with Crippen molar-refractivity contribution in [3.63, 3.8) is 0 Å². The zero-order chi connectivity index (χ0) is 23.1. The van der Waals surface area contributed by atoms with Crippen molar-refractivity contribution in [1.82, 2.24) is 10.3 Å². The lowest BCUT2D eigenvalue weighted by molar-refractivity contribution is 0.0960. The fraction of sp³-hybridized carbons (Fsp3) is 0.227. The van der Waals surface area contributed by atoms with Gasteiger partial charge in [-0.25, -0.2) is 8.42 Å². The van der Waals surface area contributed by atoms with Crippen molar-refractivity contribution in [2.75, 3.05) is 11.8 Å². The van der Waals surface area contributed by atoms with Crippen molar-refractivity contribution in [3.8, 4) is 11.8 Å². The number of aromatic hydroxyl groups is 1. The summed E-state index contributed by atoms with van der Waals surface area (Å²) in [5.41, 5.74) is -0.357. The third-order valence-electron chi connectivity index (χ3n) is 5.72. The molecule has 1 amide bonds. The predicted octanol–water partition coefficient (Wildman–Crippen LogP) is 3.81. The summed E-state index contributed by atoms with van der Waals surface area (Å²) in [6.07, 6.45) is 3.52.